The molecule has 0 aromatic heterocycles. The Morgan fingerprint density at radius 2 is 0.557 bits per heavy atom. The quantitative estimate of drug-likeness (QED) is 0.149. The number of hydrogen-bond acceptors (Lipinski definition) is 1. The van der Waals surface area contributed by atoms with E-state index in [2.05, 4.69) is 254 Å². The smallest absolute Gasteiger partial charge is 0.0462 e. The van der Waals surface area contributed by atoms with Crippen molar-refractivity contribution in [2.75, 3.05) is 4.90 Å². The number of nitrogens with zero attached hydrogens (tertiary/aromatic N) is 1. The normalized spacial score (nSPS) is 11.3. The molecule has 1 nitrogen and oxygen atoms in total. The maximum absolute atomic E-state index is 2.35. The van der Waals surface area contributed by atoms with Crippen molar-refractivity contribution in [3.05, 3.63) is 249 Å². The van der Waals surface area contributed by atoms with Gasteiger partial charge in [-0.25, -0.2) is 0 Å². The van der Waals surface area contributed by atoms with Gasteiger partial charge in [-0.1, -0.05) is 188 Å². The Morgan fingerprint density at radius 1 is 0.197 bits per heavy atom. The van der Waals surface area contributed by atoms with Crippen molar-refractivity contribution >= 4 is 49.4 Å². The standard InChI is InChI=1S/C60H41N/c1-2-12-47(13-3-1)59-19-9-18-55-41-54(30-37-60(55)59)51-17-8-16-50(38-51)44-24-31-56(32-25-44)61(57-33-26-45(27-34-57)52-22-20-42-10-4-6-14-48(42)39-52)58-35-28-46(29-36-58)53-23-21-43-11-5-7-15-49(43)40-53/h1-41H. The van der Waals surface area contributed by atoms with E-state index in [0.717, 1.165) is 17.1 Å². The van der Waals surface area contributed by atoms with E-state index >= 15 is 0 Å². The molecular weight excluding hydrogens is 735 g/mol. The Hall–Kier alpha value is -8.00. The Kier molecular flexibility index (Phi) is 9.26. The molecular formula is C60H41N. The molecule has 11 rings (SSSR count). The van der Waals surface area contributed by atoms with E-state index in [-0.39, 0.29) is 0 Å². The third-order valence-electron chi connectivity index (χ3n) is 12.0. The molecule has 61 heavy (non-hydrogen) atoms. The highest BCUT2D eigenvalue weighted by Crippen LogP contribution is 2.39. The van der Waals surface area contributed by atoms with E-state index in [0.29, 0.717) is 0 Å². The molecule has 0 unspecified atom stereocenters. The third kappa shape index (κ3) is 7.13. The van der Waals surface area contributed by atoms with Crippen LogP contribution in [0.25, 0.3) is 88.0 Å². The van der Waals surface area contributed by atoms with Gasteiger partial charge >= 0.3 is 0 Å². The van der Waals surface area contributed by atoms with Gasteiger partial charge in [0.15, 0.2) is 0 Å². The number of rotatable bonds is 8. The molecule has 0 radical (unpaired) electrons. The summed E-state index contributed by atoms with van der Waals surface area (Å²) in [5, 5.41) is 7.50. The fourth-order valence-electron chi connectivity index (χ4n) is 8.80. The van der Waals surface area contributed by atoms with Gasteiger partial charge in [0.05, 0.1) is 0 Å². The zero-order valence-electron chi connectivity index (χ0n) is 33.6. The van der Waals surface area contributed by atoms with Crippen molar-refractivity contribution in [3.8, 4) is 55.6 Å². The predicted molar refractivity (Wildman–Crippen MR) is 261 cm³/mol. The van der Waals surface area contributed by atoms with E-state index < -0.39 is 0 Å². The highest BCUT2D eigenvalue weighted by atomic mass is 15.1. The SMILES string of the molecule is c1ccc(-c2cccc3cc(-c4cccc(-c5ccc(N(c6ccc(-c7ccc8ccccc8c7)cc6)c6ccc(-c7ccc8ccccc8c7)cc6)cc5)c4)ccc23)cc1. The van der Waals surface area contributed by atoms with Gasteiger partial charge in [0.1, 0.15) is 0 Å². The highest BCUT2D eigenvalue weighted by Gasteiger charge is 2.15. The maximum atomic E-state index is 2.35. The van der Waals surface area contributed by atoms with Gasteiger partial charge in [-0.2, -0.15) is 0 Å². The lowest BCUT2D eigenvalue weighted by Crippen LogP contribution is -2.09. The van der Waals surface area contributed by atoms with Crippen molar-refractivity contribution in [2.24, 2.45) is 0 Å². The van der Waals surface area contributed by atoms with Crippen LogP contribution in [0.2, 0.25) is 0 Å². The molecule has 0 saturated carbocycles. The minimum atomic E-state index is 1.10. The summed E-state index contributed by atoms with van der Waals surface area (Å²) in [6, 6.07) is 90.4. The van der Waals surface area contributed by atoms with E-state index in [1.165, 1.54) is 88.0 Å². The Labute approximate surface area is 357 Å². The van der Waals surface area contributed by atoms with Crippen LogP contribution in [0.3, 0.4) is 0 Å². The summed E-state index contributed by atoms with van der Waals surface area (Å²) < 4.78 is 0. The van der Waals surface area contributed by atoms with Gasteiger partial charge in [-0.05, 0) is 149 Å². The van der Waals surface area contributed by atoms with Crippen LogP contribution in [-0.4, -0.2) is 0 Å². The largest absolute Gasteiger partial charge is 0.311 e. The summed E-state index contributed by atoms with van der Waals surface area (Å²) in [6.07, 6.45) is 0. The summed E-state index contributed by atoms with van der Waals surface area (Å²) in [4.78, 5) is 2.35. The fourth-order valence-corrected chi connectivity index (χ4v) is 8.80. The van der Waals surface area contributed by atoms with Crippen LogP contribution < -0.4 is 4.90 Å². The van der Waals surface area contributed by atoms with E-state index in [1.807, 2.05) is 0 Å². The average Bonchev–Trinajstić information content (AvgIpc) is 3.34. The molecule has 11 aromatic rings. The Morgan fingerprint density at radius 3 is 1.10 bits per heavy atom. The molecule has 0 aliphatic carbocycles. The van der Waals surface area contributed by atoms with Gasteiger partial charge in [0.2, 0.25) is 0 Å². The predicted octanol–water partition coefficient (Wildman–Crippen LogP) is 17.0. The molecule has 11 aromatic carbocycles. The van der Waals surface area contributed by atoms with Crippen LogP contribution >= 0.6 is 0 Å². The second kappa shape index (κ2) is 15.6. The summed E-state index contributed by atoms with van der Waals surface area (Å²) in [6.45, 7) is 0. The van der Waals surface area contributed by atoms with Crippen LogP contribution in [0.4, 0.5) is 17.1 Å². The summed E-state index contributed by atoms with van der Waals surface area (Å²) in [5.74, 6) is 0. The van der Waals surface area contributed by atoms with Crippen molar-refractivity contribution in [1.82, 2.24) is 0 Å². The van der Waals surface area contributed by atoms with Crippen molar-refractivity contribution in [1.29, 1.82) is 0 Å². The minimum Gasteiger partial charge on any atom is -0.311 e. The van der Waals surface area contributed by atoms with Crippen LogP contribution in [0, 0.1) is 0 Å². The summed E-state index contributed by atoms with van der Waals surface area (Å²) in [7, 11) is 0. The molecule has 1 heteroatoms. The lowest BCUT2D eigenvalue weighted by atomic mass is 9.94. The summed E-state index contributed by atoms with van der Waals surface area (Å²) in [5.41, 5.74) is 15.4. The zero-order chi connectivity index (χ0) is 40.5. The molecule has 0 bridgehead atoms. The van der Waals surface area contributed by atoms with Crippen LogP contribution in [0.1, 0.15) is 0 Å². The molecule has 0 atom stereocenters. The first kappa shape index (κ1) is 36.1. The monoisotopic (exact) mass is 775 g/mol. The lowest BCUT2D eigenvalue weighted by Gasteiger charge is -2.26. The van der Waals surface area contributed by atoms with Gasteiger partial charge in [0, 0.05) is 17.1 Å². The molecule has 0 aliphatic heterocycles. The van der Waals surface area contributed by atoms with Gasteiger partial charge in [0.25, 0.3) is 0 Å². The highest BCUT2D eigenvalue weighted by molar-refractivity contribution is 5.99. The number of hydrogen-bond donors (Lipinski definition) is 0. The van der Waals surface area contributed by atoms with E-state index in [4.69, 9.17) is 0 Å². The molecule has 0 N–H and O–H groups in total. The molecule has 0 fully saturated rings. The average molecular weight is 776 g/mol. The fraction of sp³-hybridized carbons (Fsp3) is 0. The van der Waals surface area contributed by atoms with Crippen LogP contribution in [0.15, 0.2) is 249 Å². The molecule has 0 heterocycles. The Balaban J connectivity index is 0.924. The maximum Gasteiger partial charge on any atom is 0.0462 e. The van der Waals surface area contributed by atoms with Gasteiger partial charge in [-0.3, -0.25) is 0 Å². The molecule has 0 amide bonds. The number of anilines is 3. The van der Waals surface area contributed by atoms with Gasteiger partial charge in [-0.15, -0.1) is 0 Å². The van der Waals surface area contributed by atoms with E-state index in [1.54, 1.807) is 0 Å². The molecule has 286 valence electrons. The van der Waals surface area contributed by atoms with Crippen molar-refractivity contribution in [2.45, 2.75) is 0 Å². The second-order valence-corrected chi connectivity index (χ2v) is 15.8. The molecule has 0 aliphatic rings. The molecule has 0 spiro atoms. The van der Waals surface area contributed by atoms with E-state index in [9.17, 15) is 0 Å². The first-order valence-corrected chi connectivity index (χ1v) is 21.0. The van der Waals surface area contributed by atoms with Crippen molar-refractivity contribution < 1.29 is 0 Å². The minimum absolute atomic E-state index is 1.10. The Bertz CT molecular complexity index is 3200. The molecule has 0 saturated heterocycles. The summed E-state index contributed by atoms with van der Waals surface area (Å²) >= 11 is 0. The third-order valence-corrected chi connectivity index (χ3v) is 12.0. The van der Waals surface area contributed by atoms with Crippen molar-refractivity contribution in [3.63, 3.8) is 0 Å². The lowest BCUT2D eigenvalue weighted by molar-refractivity contribution is 1.28. The van der Waals surface area contributed by atoms with Gasteiger partial charge < -0.3 is 4.90 Å². The topological polar surface area (TPSA) is 3.24 Å². The first-order chi connectivity index (χ1) is 30.2. The van der Waals surface area contributed by atoms with Crippen LogP contribution in [-0.2, 0) is 0 Å². The number of fused-ring (bicyclic) bond motifs is 3. The zero-order valence-corrected chi connectivity index (χ0v) is 33.6. The van der Waals surface area contributed by atoms with Crippen LogP contribution in [0.5, 0.6) is 0 Å². The number of benzene rings is 11. The second-order valence-electron chi connectivity index (χ2n) is 15.8. The first-order valence-electron chi connectivity index (χ1n) is 21.0.